The number of hydrogen-bond donors (Lipinski definition) is 0. The minimum atomic E-state index is 0.423. The topological polar surface area (TPSA) is 18.5 Å². The Hall–Kier alpha value is -0.340. The molecule has 1 atom stereocenters. The summed E-state index contributed by atoms with van der Waals surface area (Å²) in [5, 5.41) is 0. The van der Waals surface area contributed by atoms with Gasteiger partial charge in [-0.05, 0) is 45.4 Å². The van der Waals surface area contributed by atoms with Gasteiger partial charge in [0.05, 0.1) is 0 Å². The van der Waals surface area contributed by atoms with E-state index in [-0.39, 0.29) is 0 Å². The molecule has 0 aliphatic carbocycles. The number of ether oxygens (including phenoxy) is 2. The van der Waals surface area contributed by atoms with Crippen LogP contribution in [0.25, 0.3) is 0 Å². The van der Waals surface area contributed by atoms with Gasteiger partial charge in [0.1, 0.15) is 6.79 Å². The molecule has 2 nitrogen and oxygen atoms in total. The smallest absolute Gasteiger partial charge is 0.146 e. The van der Waals surface area contributed by atoms with Gasteiger partial charge >= 0.3 is 0 Å². The van der Waals surface area contributed by atoms with E-state index in [0.29, 0.717) is 6.79 Å². The van der Waals surface area contributed by atoms with Crippen molar-refractivity contribution >= 4 is 0 Å². The predicted molar refractivity (Wildman–Crippen MR) is 64.9 cm³/mol. The van der Waals surface area contributed by atoms with E-state index in [1.807, 2.05) is 0 Å². The first-order valence-electron chi connectivity index (χ1n) is 5.87. The number of methoxy groups -OCH3 is 1. The van der Waals surface area contributed by atoms with Crippen molar-refractivity contribution in [3.05, 3.63) is 11.6 Å². The lowest BCUT2D eigenvalue weighted by atomic mass is 9.99. The molecule has 0 bridgehead atoms. The third-order valence-electron chi connectivity index (χ3n) is 2.40. The third-order valence-corrected chi connectivity index (χ3v) is 2.40. The molecule has 1 unspecified atom stereocenters. The summed E-state index contributed by atoms with van der Waals surface area (Å²) in [5.74, 6) is 0.798. The molecular weight excluding hydrogens is 188 g/mol. The van der Waals surface area contributed by atoms with Crippen molar-refractivity contribution in [2.75, 3.05) is 20.5 Å². The molecule has 0 amide bonds. The zero-order valence-corrected chi connectivity index (χ0v) is 10.7. The highest BCUT2D eigenvalue weighted by Crippen LogP contribution is 2.13. The van der Waals surface area contributed by atoms with Crippen molar-refractivity contribution in [1.82, 2.24) is 0 Å². The number of rotatable bonds is 9. The van der Waals surface area contributed by atoms with E-state index in [4.69, 9.17) is 9.47 Å². The summed E-state index contributed by atoms with van der Waals surface area (Å²) in [7, 11) is 1.65. The van der Waals surface area contributed by atoms with Crippen LogP contribution in [0.3, 0.4) is 0 Å². The van der Waals surface area contributed by atoms with Gasteiger partial charge < -0.3 is 9.47 Å². The molecule has 0 saturated heterocycles. The van der Waals surface area contributed by atoms with Gasteiger partial charge in [-0.3, -0.25) is 0 Å². The van der Waals surface area contributed by atoms with Crippen molar-refractivity contribution in [1.29, 1.82) is 0 Å². The van der Waals surface area contributed by atoms with Crippen LogP contribution in [0, 0.1) is 5.92 Å². The Morgan fingerprint density at radius 2 is 2.00 bits per heavy atom. The van der Waals surface area contributed by atoms with Crippen molar-refractivity contribution in [3.63, 3.8) is 0 Å². The van der Waals surface area contributed by atoms with Gasteiger partial charge in [-0.25, -0.2) is 0 Å². The van der Waals surface area contributed by atoms with Gasteiger partial charge in [-0.2, -0.15) is 0 Å². The van der Waals surface area contributed by atoms with Crippen LogP contribution in [0.1, 0.15) is 46.5 Å². The zero-order chi connectivity index (χ0) is 11.5. The minimum Gasteiger partial charge on any atom is -0.359 e. The van der Waals surface area contributed by atoms with Crippen LogP contribution in [0.2, 0.25) is 0 Å². The molecule has 0 radical (unpaired) electrons. The van der Waals surface area contributed by atoms with E-state index in [1.54, 1.807) is 7.11 Å². The zero-order valence-electron chi connectivity index (χ0n) is 10.7. The molecule has 90 valence electrons. The molecule has 2 heteroatoms. The average molecular weight is 214 g/mol. The molecule has 0 aromatic carbocycles. The highest BCUT2D eigenvalue weighted by molar-refractivity contribution is 4.92. The van der Waals surface area contributed by atoms with E-state index >= 15 is 0 Å². The molecule has 0 spiro atoms. The van der Waals surface area contributed by atoms with E-state index < -0.39 is 0 Å². The SMILES string of the molecule is COCOCCCC(C)CCC=C(C)C. The van der Waals surface area contributed by atoms with Crippen molar-refractivity contribution < 1.29 is 9.47 Å². The molecule has 0 rings (SSSR count). The largest absolute Gasteiger partial charge is 0.359 e. The third kappa shape index (κ3) is 11.6. The number of allylic oxidation sites excluding steroid dienone is 2. The summed E-state index contributed by atoms with van der Waals surface area (Å²) in [4.78, 5) is 0. The van der Waals surface area contributed by atoms with Crippen LogP contribution in [-0.2, 0) is 9.47 Å². The minimum absolute atomic E-state index is 0.423. The lowest BCUT2D eigenvalue weighted by Gasteiger charge is -2.09. The first-order valence-corrected chi connectivity index (χ1v) is 5.87. The van der Waals surface area contributed by atoms with Gasteiger partial charge in [0, 0.05) is 13.7 Å². The Morgan fingerprint density at radius 1 is 1.27 bits per heavy atom. The Kier molecular flexibility index (Phi) is 9.96. The van der Waals surface area contributed by atoms with Gasteiger partial charge in [0.2, 0.25) is 0 Å². The van der Waals surface area contributed by atoms with Crippen LogP contribution in [-0.4, -0.2) is 20.5 Å². The molecular formula is C13H26O2. The van der Waals surface area contributed by atoms with Gasteiger partial charge in [-0.15, -0.1) is 0 Å². The lowest BCUT2D eigenvalue weighted by molar-refractivity contribution is -0.0322. The molecule has 0 heterocycles. The molecule has 0 aliphatic rings. The van der Waals surface area contributed by atoms with E-state index in [9.17, 15) is 0 Å². The summed E-state index contributed by atoms with van der Waals surface area (Å²) in [6.07, 6.45) is 7.20. The molecule has 0 N–H and O–H groups in total. The van der Waals surface area contributed by atoms with Crippen LogP contribution >= 0.6 is 0 Å². The van der Waals surface area contributed by atoms with Crippen molar-refractivity contribution in [2.45, 2.75) is 46.5 Å². The second-order valence-electron chi connectivity index (χ2n) is 4.42. The maximum atomic E-state index is 5.24. The van der Waals surface area contributed by atoms with Gasteiger partial charge in [0.25, 0.3) is 0 Å². The summed E-state index contributed by atoms with van der Waals surface area (Å²) < 4.78 is 10.1. The Morgan fingerprint density at radius 3 is 2.60 bits per heavy atom. The summed E-state index contributed by atoms with van der Waals surface area (Å²) in [6.45, 7) is 7.87. The van der Waals surface area contributed by atoms with E-state index in [0.717, 1.165) is 18.9 Å². The maximum absolute atomic E-state index is 5.24. The van der Waals surface area contributed by atoms with Gasteiger partial charge in [0.15, 0.2) is 0 Å². The standard InChI is InChI=1S/C13H26O2/c1-12(2)7-5-8-13(3)9-6-10-15-11-14-4/h7,13H,5-6,8-11H2,1-4H3. The van der Waals surface area contributed by atoms with Crippen LogP contribution in [0.15, 0.2) is 11.6 Å². The quantitative estimate of drug-likeness (QED) is 0.330. The first-order chi connectivity index (χ1) is 7.16. The molecule has 0 aromatic rings. The van der Waals surface area contributed by atoms with Crippen molar-refractivity contribution in [2.24, 2.45) is 5.92 Å². The molecule has 0 aromatic heterocycles. The Balaban J connectivity index is 3.26. The lowest BCUT2D eigenvalue weighted by Crippen LogP contribution is -2.01. The second-order valence-corrected chi connectivity index (χ2v) is 4.42. The molecule has 0 fully saturated rings. The highest BCUT2D eigenvalue weighted by Gasteiger charge is 2.00. The predicted octanol–water partition coefficient (Wildman–Crippen LogP) is 3.77. The van der Waals surface area contributed by atoms with Gasteiger partial charge in [-0.1, -0.05) is 18.6 Å². The first kappa shape index (κ1) is 14.7. The normalized spacial score (nSPS) is 12.5. The highest BCUT2D eigenvalue weighted by atomic mass is 16.7. The Bertz CT molecular complexity index is 160. The average Bonchev–Trinajstić information content (AvgIpc) is 2.17. The fourth-order valence-electron chi connectivity index (χ4n) is 1.48. The van der Waals surface area contributed by atoms with Crippen LogP contribution < -0.4 is 0 Å². The molecule has 0 aliphatic heterocycles. The monoisotopic (exact) mass is 214 g/mol. The van der Waals surface area contributed by atoms with Crippen LogP contribution in [0.4, 0.5) is 0 Å². The Labute approximate surface area is 94.7 Å². The van der Waals surface area contributed by atoms with Crippen molar-refractivity contribution in [3.8, 4) is 0 Å². The van der Waals surface area contributed by atoms with Crippen LogP contribution in [0.5, 0.6) is 0 Å². The fourth-order valence-corrected chi connectivity index (χ4v) is 1.48. The summed E-state index contributed by atoms with van der Waals surface area (Å²) >= 11 is 0. The molecule has 15 heavy (non-hydrogen) atoms. The van der Waals surface area contributed by atoms with E-state index in [2.05, 4.69) is 26.8 Å². The van der Waals surface area contributed by atoms with E-state index in [1.165, 1.54) is 24.8 Å². The second kappa shape index (κ2) is 10.2. The molecule has 0 saturated carbocycles. The number of hydrogen-bond acceptors (Lipinski definition) is 2. The fraction of sp³-hybridized carbons (Fsp3) is 0.846. The summed E-state index contributed by atoms with van der Waals surface area (Å²) in [6, 6.07) is 0. The summed E-state index contributed by atoms with van der Waals surface area (Å²) in [5.41, 5.74) is 1.42. The maximum Gasteiger partial charge on any atom is 0.146 e.